The fraction of sp³-hybridized carbons (Fsp3) is 0. The molecule has 0 aliphatic rings. The molecule has 6 aromatic rings. The molecule has 6 rings (SSSR count). The van der Waals surface area contributed by atoms with Gasteiger partial charge in [-0.3, -0.25) is 15.0 Å². The van der Waals surface area contributed by atoms with E-state index in [0.29, 0.717) is 0 Å². The topological polar surface area (TPSA) is 70.2 Å². The lowest BCUT2D eigenvalue weighted by atomic mass is 10.1. The van der Waals surface area contributed by atoms with E-state index in [0.717, 1.165) is 55.1 Å². The predicted octanol–water partition coefficient (Wildman–Crippen LogP) is 4.81. The molecule has 0 atom stereocenters. The first-order valence-electron chi connectivity index (χ1n) is 8.46. The highest BCUT2D eigenvalue weighted by molar-refractivity contribution is 6.06. The van der Waals surface area contributed by atoms with Gasteiger partial charge in [0, 0.05) is 35.1 Å². The lowest BCUT2D eigenvalue weighted by Crippen LogP contribution is -1.82. The summed E-state index contributed by atoms with van der Waals surface area (Å²) in [6.45, 7) is 0. The highest BCUT2D eigenvalue weighted by Crippen LogP contribution is 2.30. The van der Waals surface area contributed by atoms with Crippen molar-refractivity contribution in [2.75, 3.05) is 0 Å². The average molecular weight is 335 g/mol. The van der Waals surface area contributed by atoms with Gasteiger partial charge in [-0.2, -0.15) is 0 Å². The van der Waals surface area contributed by atoms with Crippen LogP contribution < -0.4 is 0 Å². The van der Waals surface area contributed by atoms with Gasteiger partial charge in [-0.15, -0.1) is 0 Å². The molecule has 0 radical (unpaired) electrons. The second-order valence-electron chi connectivity index (χ2n) is 6.43. The molecule has 2 N–H and O–H groups in total. The minimum atomic E-state index is 0.903. The van der Waals surface area contributed by atoms with Crippen molar-refractivity contribution in [3.05, 3.63) is 67.1 Å². The van der Waals surface area contributed by atoms with E-state index in [1.807, 2.05) is 36.7 Å². The van der Waals surface area contributed by atoms with Gasteiger partial charge in [0.25, 0.3) is 0 Å². The van der Waals surface area contributed by atoms with Crippen molar-refractivity contribution in [3.63, 3.8) is 0 Å². The number of aromatic amines is 2. The summed E-state index contributed by atoms with van der Waals surface area (Å²) in [5.41, 5.74) is 9.13. The van der Waals surface area contributed by atoms with Crippen molar-refractivity contribution < 1.29 is 0 Å². The maximum Gasteiger partial charge on any atom is 0.114 e. The second kappa shape index (κ2) is 4.89. The smallest absolute Gasteiger partial charge is 0.114 e. The Hall–Kier alpha value is -3.73. The van der Waals surface area contributed by atoms with Crippen LogP contribution in [0, 0.1) is 0 Å². The first-order chi connectivity index (χ1) is 12.9. The fourth-order valence-corrected chi connectivity index (χ4v) is 3.65. The Morgan fingerprint density at radius 2 is 1.27 bits per heavy atom. The molecule has 0 aliphatic carbocycles. The van der Waals surface area contributed by atoms with E-state index in [-0.39, 0.29) is 0 Å². The van der Waals surface area contributed by atoms with Crippen LogP contribution in [0.3, 0.4) is 0 Å². The number of H-pyrrole nitrogens is 2. The standard InChI is InChI=1S/C21H13N5/c1-3-15-19(22-7-1)14-6-5-12(9-17(14)25-15)13-10-18-21(24-11-13)20-16(26-18)4-2-8-23-20/h1-11,25-26H. The Balaban J connectivity index is 1.57. The van der Waals surface area contributed by atoms with Crippen LogP contribution in [0.5, 0.6) is 0 Å². The Morgan fingerprint density at radius 3 is 2.15 bits per heavy atom. The van der Waals surface area contributed by atoms with E-state index in [4.69, 9.17) is 0 Å². The molecule has 0 saturated heterocycles. The summed E-state index contributed by atoms with van der Waals surface area (Å²) < 4.78 is 0. The maximum atomic E-state index is 4.65. The van der Waals surface area contributed by atoms with Gasteiger partial charge in [-0.05, 0) is 42.0 Å². The highest BCUT2D eigenvalue weighted by Gasteiger charge is 2.10. The van der Waals surface area contributed by atoms with Crippen LogP contribution in [0.1, 0.15) is 0 Å². The van der Waals surface area contributed by atoms with Gasteiger partial charge in [0.05, 0.1) is 22.1 Å². The summed E-state index contributed by atoms with van der Waals surface area (Å²) in [4.78, 5) is 20.4. The third kappa shape index (κ3) is 1.82. The first kappa shape index (κ1) is 13.5. The lowest BCUT2D eigenvalue weighted by molar-refractivity contribution is 1.39. The SMILES string of the molecule is c1cnc2c(c1)[nH]c1cc(-c3cnc4c(c3)[nH]c3cccnc34)ccc12. The number of benzene rings is 1. The van der Waals surface area contributed by atoms with Crippen LogP contribution in [-0.2, 0) is 0 Å². The predicted molar refractivity (Wildman–Crippen MR) is 104 cm³/mol. The molecule has 5 nitrogen and oxygen atoms in total. The molecule has 0 bridgehead atoms. The molecular formula is C21H13N5. The Bertz CT molecular complexity index is 1330. The molecule has 5 heterocycles. The van der Waals surface area contributed by atoms with Gasteiger partial charge < -0.3 is 9.97 Å². The number of hydrogen-bond donors (Lipinski definition) is 2. The Morgan fingerprint density at radius 1 is 0.577 bits per heavy atom. The molecule has 0 saturated carbocycles. The summed E-state index contributed by atoms with van der Waals surface area (Å²) in [5, 5.41) is 1.13. The molecule has 0 aliphatic heterocycles. The summed E-state index contributed by atoms with van der Waals surface area (Å²) in [7, 11) is 0. The van der Waals surface area contributed by atoms with E-state index in [9.17, 15) is 0 Å². The van der Waals surface area contributed by atoms with Crippen molar-refractivity contribution in [1.29, 1.82) is 0 Å². The molecule has 122 valence electrons. The number of hydrogen-bond acceptors (Lipinski definition) is 3. The van der Waals surface area contributed by atoms with Crippen molar-refractivity contribution in [2.24, 2.45) is 0 Å². The number of pyridine rings is 3. The molecule has 5 heteroatoms. The zero-order valence-electron chi connectivity index (χ0n) is 13.7. The van der Waals surface area contributed by atoms with Crippen LogP contribution in [0.4, 0.5) is 0 Å². The molecule has 0 unspecified atom stereocenters. The van der Waals surface area contributed by atoms with Gasteiger partial charge >= 0.3 is 0 Å². The molecule has 26 heavy (non-hydrogen) atoms. The number of nitrogens with one attached hydrogen (secondary N) is 2. The summed E-state index contributed by atoms with van der Waals surface area (Å²) in [6.07, 6.45) is 5.53. The van der Waals surface area contributed by atoms with E-state index >= 15 is 0 Å². The fourth-order valence-electron chi connectivity index (χ4n) is 3.65. The number of fused-ring (bicyclic) bond motifs is 6. The van der Waals surface area contributed by atoms with E-state index in [1.54, 1.807) is 6.20 Å². The van der Waals surface area contributed by atoms with Gasteiger partial charge in [0.1, 0.15) is 11.0 Å². The molecule has 5 aromatic heterocycles. The van der Waals surface area contributed by atoms with Gasteiger partial charge in [0.2, 0.25) is 0 Å². The summed E-state index contributed by atoms with van der Waals surface area (Å²) in [5.74, 6) is 0. The van der Waals surface area contributed by atoms with Gasteiger partial charge in [-0.25, -0.2) is 0 Å². The van der Waals surface area contributed by atoms with Crippen LogP contribution >= 0.6 is 0 Å². The van der Waals surface area contributed by atoms with Crippen molar-refractivity contribution in [3.8, 4) is 11.1 Å². The van der Waals surface area contributed by atoms with E-state index < -0.39 is 0 Å². The number of nitrogens with zero attached hydrogens (tertiary/aromatic N) is 3. The number of aromatic nitrogens is 5. The van der Waals surface area contributed by atoms with Crippen LogP contribution in [-0.4, -0.2) is 24.9 Å². The minimum Gasteiger partial charge on any atom is -0.353 e. The molecule has 0 fully saturated rings. The number of rotatable bonds is 1. The maximum absolute atomic E-state index is 4.65. The third-order valence-electron chi connectivity index (χ3n) is 4.87. The Kier molecular flexibility index (Phi) is 2.55. The van der Waals surface area contributed by atoms with Gasteiger partial charge in [0.15, 0.2) is 0 Å². The van der Waals surface area contributed by atoms with Gasteiger partial charge in [-0.1, -0.05) is 12.1 Å². The summed E-state index contributed by atoms with van der Waals surface area (Å²) >= 11 is 0. The first-order valence-corrected chi connectivity index (χ1v) is 8.46. The molecule has 1 aromatic carbocycles. The zero-order valence-corrected chi connectivity index (χ0v) is 13.7. The minimum absolute atomic E-state index is 0.903. The zero-order chi connectivity index (χ0) is 17.1. The Labute approximate surface area is 147 Å². The van der Waals surface area contributed by atoms with E-state index in [1.165, 1.54) is 0 Å². The third-order valence-corrected chi connectivity index (χ3v) is 4.87. The summed E-state index contributed by atoms with van der Waals surface area (Å²) in [6, 6.07) is 16.5. The van der Waals surface area contributed by atoms with Crippen molar-refractivity contribution in [2.45, 2.75) is 0 Å². The molecule has 0 amide bonds. The van der Waals surface area contributed by atoms with Crippen LogP contribution in [0.2, 0.25) is 0 Å². The van der Waals surface area contributed by atoms with E-state index in [2.05, 4.69) is 49.2 Å². The van der Waals surface area contributed by atoms with Crippen molar-refractivity contribution in [1.82, 2.24) is 24.9 Å². The molecule has 0 spiro atoms. The quantitative estimate of drug-likeness (QED) is 0.453. The monoisotopic (exact) mass is 335 g/mol. The second-order valence-corrected chi connectivity index (χ2v) is 6.43. The van der Waals surface area contributed by atoms with Crippen molar-refractivity contribution >= 4 is 44.0 Å². The lowest BCUT2D eigenvalue weighted by Gasteiger charge is -2.02. The highest BCUT2D eigenvalue weighted by atomic mass is 14.8. The average Bonchev–Trinajstić information content (AvgIpc) is 3.24. The largest absolute Gasteiger partial charge is 0.353 e. The molecular weight excluding hydrogens is 322 g/mol. The van der Waals surface area contributed by atoms with Crippen LogP contribution in [0.25, 0.3) is 55.1 Å². The van der Waals surface area contributed by atoms with Crippen LogP contribution in [0.15, 0.2) is 67.1 Å². The normalized spacial score (nSPS) is 11.8.